The molecule has 0 radical (unpaired) electrons. The molecule has 0 fully saturated rings. The van der Waals surface area contributed by atoms with Crippen LogP contribution in [0.5, 0.6) is 0 Å². The molecule has 1 unspecified atom stereocenters. The second-order valence-electron chi connectivity index (χ2n) is 16.1. The fourth-order valence-electron chi connectivity index (χ4n) is 6.06. The van der Waals surface area contributed by atoms with Gasteiger partial charge in [0, 0.05) is 12.8 Å². The molecule has 0 aromatic heterocycles. The van der Waals surface area contributed by atoms with Gasteiger partial charge in [-0.3, -0.25) is 14.2 Å². The van der Waals surface area contributed by atoms with Crippen LogP contribution in [-0.4, -0.2) is 70.0 Å². The van der Waals surface area contributed by atoms with Gasteiger partial charge in [0.1, 0.15) is 19.8 Å². The Balaban J connectivity index is 4.32. The number of phosphoric ester groups is 1. The molecule has 0 amide bonds. The first-order chi connectivity index (χ1) is 25.5. The summed E-state index contributed by atoms with van der Waals surface area (Å²) in [4.78, 5) is 37.5. The van der Waals surface area contributed by atoms with Crippen molar-refractivity contribution in [2.75, 3.05) is 47.5 Å². The summed E-state index contributed by atoms with van der Waals surface area (Å²) in [5, 5.41) is 0. The highest BCUT2D eigenvalue weighted by molar-refractivity contribution is 7.45. The molecular weight excluding hydrogens is 689 g/mol. The fraction of sp³-hybridized carbons (Fsp3) is 0.907. The molecule has 0 heterocycles. The van der Waals surface area contributed by atoms with Crippen molar-refractivity contribution in [3.8, 4) is 0 Å². The van der Waals surface area contributed by atoms with Crippen molar-refractivity contribution in [3.63, 3.8) is 0 Å². The minimum Gasteiger partial charge on any atom is -0.756 e. The Bertz CT molecular complexity index is 922. The maximum absolute atomic E-state index is 12.6. The number of nitrogens with zero attached hydrogens (tertiary/aromatic N) is 1. The van der Waals surface area contributed by atoms with Gasteiger partial charge in [0.15, 0.2) is 6.10 Å². The second-order valence-corrected chi connectivity index (χ2v) is 17.5. The molecule has 0 aromatic rings. The molecule has 314 valence electrons. The molecule has 0 N–H and O–H groups in total. The van der Waals surface area contributed by atoms with E-state index >= 15 is 0 Å². The number of quaternary nitrogens is 1. The van der Waals surface area contributed by atoms with Gasteiger partial charge in [-0.15, -0.1) is 0 Å². The van der Waals surface area contributed by atoms with Crippen LogP contribution in [0.1, 0.15) is 200 Å². The van der Waals surface area contributed by atoms with Crippen LogP contribution < -0.4 is 4.89 Å². The lowest BCUT2D eigenvalue weighted by Crippen LogP contribution is -2.37. The van der Waals surface area contributed by atoms with E-state index in [2.05, 4.69) is 26.0 Å². The Morgan fingerprint density at radius 3 is 1.40 bits per heavy atom. The maximum atomic E-state index is 12.6. The molecular formula is C43H84NO8P. The van der Waals surface area contributed by atoms with Crippen molar-refractivity contribution in [3.05, 3.63) is 12.2 Å². The Hall–Kier alpha value is -1.25. The van der Waals surface area contributed by atoms with Gasteiger partial charge >= 0.3 is 11.9 Å². The number of allylic oxidation sites excluding steroid dienone is 2. The van der Waals surface area contributed by atoms with Crippen LogP contribution >= 0.6 is 7.82 Å². The number of hydrogen-bond donors (Lipinski definition) is 0. The standard InChI is InChI=1S/C43H84NO8P/c1-6-8-10-12-14-16-18-20-21-22-23-24-26-27-29-31-33-35-42(45)49-39-41(40-51-53(47,48)50-38-37-44(3,4)5)52-43(46)36-34-32-30-28-25-19-17-15-13-11-9-7-2/h20-21,41H,6-19,22-40H2,1-5H3/b21-20-/t41-/m1/s1. The zero-order valence-corrected chi connectivity index (χ0v) is 36.1. The van der Waals surface area contributed by atoms with E-state index in [1.54, 1.807) is 0 Å². The molecule has 0 aromatic carbocycles. The predicted octanol–water partition coefficient (Wildman–Crippen LogP) is 11.6. The van der Waals surface area contributed by atoms with Crippen molar-refractivity contribution in [2.45, 2.75) is 206 Å². The van der Waals surface area contributed by atoms with E-state index in [9.17, 15) is 19.0 Å². The van der Waals surface area contributed by atoms with Gasteiger partial charge in [-0.2, -0.15) is 0 Å². The Morgan fingerprint density at radius 1 is 0.566 bits per heavy atom. The molecule has 0 rings (SSSR count). The molecule has 0 bridgehead atoms. The fourth-order valence-corrected chi connectivity index (χ4v) is 6.79. The van der Waals surface area contributed by atoms with Gasteiger partial charge in [0.05, 0.1) is 27.7 Å². The molecule has 0 aliphatic rings. The van der Waals surface area contributed by atoms with Gasteiger partial charge in [0.25, 0.3) is 7.82 Å². The monoisotopic (exact) mass is 774 g/mol. The molecule has 0 spiro atoms. The third-order valence-electron chi connectivity index (χ3n) is 9.54. The van der Waals surface area contributed by atoms with Crippen molar-refractivity contribution in [1.82, 2.24) is 0 Å². The van der Waals surface area contributed by atoms with Crippen molar-refractivity contribution < 1.29 is 42.1 Å². The number of ether oxygens (including phenoxy) is 2. The van der Waals surface area contributed by atoms with Crippen LogP contribution in [-0.2, 0) is 32.7 Å². The number of unbranched alkanes of at least 4 members (excludes halogenated alkanes) is 24. The summed E-state index contributed by atoms with van der Waals surface area (Å²) in [6.07, 6.45) is 36.6. The number of carbonyl (C=O) groups excluding carboxylic acids is 2. The van der Waals surface area contributed by atoms with Crippen LogP contribution in [0.15, 0.2) is 12.2 Å². The number of hydrogen-bond acceptors (Lipinski definition) is 8. The highest BCUT2D eigenvalue weighted by atomic mass is 31.2. The molecule has 0 aliphatic carbocycles. The lowest BCUT2D eigenvalue weighted by molar-refractivity contribution is -0.870. The molecule has 2 atom stereocenters. The van der Waals surface area contributed by atoms with Gasteiger partial charge < -0.3 is 27.9 Å². The SMILES string of the molecule is CCCCCCCC/C=C\CCCCCCCCCC(=O)OC[C@H](COP(=O)([O-])OCC[N+](C)(C)C)OC(=O)CCCCCCCCCCCCCC. The predicted molar refractivity (Wildman–Crippen MR) is 218 cm³/mol. The van der Waals surface area contributed by atoms with Crippen LogP contribution in [0.3, 0.4) is 0 Å². The molecule has 9 nitrogen and oxygen atoms in total. The molecule has 0 saturated carbocycles. The third kappa shape index (κ3) is 40.2. The number of rotatable bonds is 40. The molecule has 53 heavy (non-hydrogen) atoms. The zero-order valence-electron chi connectivity index (χ0n) is 35.2. The summed E-state index contributed by atoms with van der Waals surface area (Å²) in [6, 6.07) is 0. The summed E-state index contributed by atoms with van der Waals surface area (Å²) in [6.45, 7) is 4.23. The lowest BCUT2D eigenvalue weighted by Gasteiger charge is -2.28. The van der Waals surface area contributed by atoms with E-state index in [-0.39, 0.29) is 32.0 Å². The van der Waals surface area contributed by atoms with Crippen LogP contribution in [0, 0.1) is 0 Å². The first-order valence-corrected chi connectivity index (χ1v) is 23.4. The van der Waals surface area contributed by atoms with Crippen LogP contribution in [0.25, 0.3) is 0 Å². The van der Waals surface area contributed by atoms with E-state index < -0.39 is 26.5 Å². The van der Waals surface area contributed by atoms with Gasteiger partial charge in [-0.1, -0.05) is 161 Å². The Morgan fingerprint density at radius 2 is 0.962 bits per heavy atom. The number of phosphoric acid groups is 1. The summed E-state index contributed by atoms with van der Waals surface area (Å²) in [5.41, 5.74) is 0. The van der Waals surface area contributed by atoms with Crippen LogP contribution in [0.4, 0.5) is 0 Å². The van der Waals surface area contributed by atoms with E-state index in [0.29, 0.717) is 17.4 Å². The average Bonchev–Trinajstić information content (AvgIpc) is 3.10. The highest BCUT2D eigenvalue weighted by Crippen LogP contribution is 2.38. The quantitative estimate of drug-likeness (QED) is 0.0199. The first-order valence-electron chi connectivity index (χ1n) is 21.9. The lowest BCUT2D eigenvalue weighted by atomic mass is 10.0. The van der Waals surface area contributed by atoms with Crippen LogP contribution in [0.2, 0.25) is 0 Å². The van der Waals surface area contributed by atoms with E-state index in [4.69, 9.17) is 18.5 Å². The number of likely N-dealkylation sites (N-methyl/N-ethyl adjacent to an activating group) is 1. The summed E-state index contributed by atoms with van der Waals surface area (Å²) < 4.78 is 33.9. The van der Waals surface area contributed by atoms with E-state index in [1.807, 2.05) is 21.1 Å². The Kier molecular flexibility index (Phi) is 35.5. The van der Waals surface area contributed by atoms with E-state index in [0.717, 1.165) is 38.5 Å². The minimum atomic E-state index is -4.62. The zero-order chi connectivity index (χ0) is 39.3. The largest absolute Gasteiger partial charge is 0.756 e. The third-order valence-corrected chi connectivity index (χ3v) is 10.5. The Labute approximate surface area is 326 Å². The van der Waals surface area contributed by atoms with Gasteiger partial charge in [-0.25, -0.2) is 0 Å². The maximum Gasteiger partial charge on any atom is 0.306 e. The van der Waals surface area contributed by atoms with Crippen molar-refractivity contribution in [1.29, 1.82) is 0 Å². The van der Waals surface area contributed by atoms with Crippen molar-refractivity contribution in [2.24, 2.45) is 0 Å². The molecule has 0 saturated heterocycles. The minimum absolute atomic E-state index is 0.0284. The summed E-state index contributed by atoms with van der Waals surface area (Å²) in [5.74, 6) is -0.832. The average molecular weight is 774 g/mol. The van der Waals surface area contributed by atoms with Gasteiger partial charge in [0.2, 0.25) is 0 Å². The normalized spacial score (nSPS) is 13.7. The molecule has 10 heteroatoms. The second kappa shape index (κ2) is 36.4. The smallest absolute Gasteiger partial charge is 0.306 e. The van der Waals surface area contributed by atoms with E-state index in [1.165, 1.54) is 128 Å². The number of carbonyl (C=O) groups is 2. The molecule has 0 aliphatic heterocycles. The summed E-state index contributed by atoms with van der Waals surface area (Å²) in [7, 11) is 1.17. The number of esters is 2. The first kappa shape index (κ1) is 51.8. The highest BCUT2D eigenvalue weighted by Gasteiger charge is 2.21. The summed E-state index contributed by atoms with van der Waals surface area (Å²) >= 11 is 0. The van der Waals surface area contributed by atoms with Gasteiger partial charge in [-0.05, 0) is 38.5 Å². The topological polar surface area (TPSA) is 111 Å². The van der Waals surface area contributed by atoms with Crippen molar-refractivity contribution >= 4 is 19.8 Å².